The molecule has 8 nitrogen and oxygen atoms in total. The zero-order valence-corrected chi connectivity index (χ0v) is 15.2. The lowest BCUT2D eigenvalue weighted by Gasteiger charge is -2.20. The van der Waals surface area contributed by atoms with Crippen molar-refractivity contribution in [1.82, 2.24) is 15.3 Å². The van der Waals surface area contributed by atoms with Crippen molar-refractivity contribution in [3.8, 4) is 0 Å². The second kappa shape index (κ2) is 7.55. The van der Waals surface area contributed by atoms with E-state index in [9.17, 15) is 14.0 Å². The number of nitrogens with zero attached hydrogens (tertiary/aromatic N) is 2. The fourth-order valence-electron chi connectivity index (χ4n) is 3.09. The third kappa shape index (κ3) is 3.84. The number of hydrogen-bond acceptors (Lipinski definition) is 6. The van der Waals surface area contributed by atoms with Crippen molar-refractivity contribution in [1.29, 1.82) is 0 Å². The molecule has 1 aromatic heterocycles. The van der Waals surface area contributed by atoms with Gasteiger partial charge in [-0.25, -0.2) is 9.37 Å². The van der Waals surface area contributed by atoms with Crippen LogP contribution in [0.4, 0.5) is 27.5 Å². The summed E-state index contributed by atoms with van der Waals surface area (Å²) in [4.78, 5) is 32.4. The molecule has 0 radical (unpaired) electrons. The molecule has 29 heavy (non-hydrogen) atoms. The maximum absolute atomic E-state index is 13.1. The van der Waals surface area contributed by atoms with Gasteiger partial charge in [0.25, 0.3) is 11.8 Å². The first-order valence-electron chi connectivity index (χ1n) is 8.88. The number of aromatic nitrogens is 2. The Kier molecular flexibility index (Phi) is 4.78. The van der Waals surface area contributed by atoms with Gasteiger partial charge in [0.2, 0.25) is 5.95 Å². The minimum Gasteiger partial charge on any atom is -0.365 e. The zero-order valence-electron chi connectivity index (χ0n) is 15.2. The lowest BCUT2D eigenvalue weighted by molar-refractivity contribution is 0.0944. The Morgan fingerprint density at radius 2 is 1.93 bits per heavy atom. The molecule has 0 unspecified atom stereocenters. The van der Waals surface area contributed by atoms with Gasteiger partial charge in [0.05, 0.1) is 0 Å². The van der Waals surface area contributed by atoms with Gasteiger partial charge in [-0.3, -0.25) is 9.59 Å². The molecule has 0 fully saturated rings. The van der Waals surface area contributed by atoms with Crippen molar-refractivity contribution in [2.75, 3.05) is 17.2 Å². The van der Waals surface area contributed by atoms with Gasteiger partial charge in [-0.1, -0.05) is 6.07 Å². The quantitative estimate of drug-likeness (QED) is 0.529. The summed E-state index contributed by atoms with van der Waals surface area (Å²) in [5.74, 6) is -0.793. The van der Waals surface area contributed by atoms with Crippen LogP contribution in [0.2, 0.25) is 0 Å². The number of rotatable bonds is 5. The van der Waals surface area contributed by atoms with Crippen LogP contribution in [0, 0.1) is 5.82 Å². The smallest absolute Gasteiger partial charge is 0.254 e. The van der Waals surface area contributed by atoms with Gasteiger partial charge in [-0.15, -0.1) is 0 Å². The molecule has 1 aliphatic heterocycles. The van der Waals surface area contributed by atoms with Gasteiger partial charge in [-0.05, 0) is 48.4 Å². The fraction of sp³-hybridized carbons (Fsp3) is 0.100. The van der Waals surface area contributed by atoms with Crippen LogP contribution in [-0.4, -0.2) is 28.3 Å². The lowest BCUT2D eigenvalue weighted by atomic mass is 9.98. The molecule has 9 heteroatoms. The average molecular weight is 392 g/mol. The number of halogens is 1. The van der Waals surface area contributed by atoms with Crippen molar-refractivity contribution in [2.24, 2.45) is 5.73 Å². The number of benzene rings is 2. The average Bonchev–Trinajstić information content (AvgIpc) is 2.70. The predicted octanol–water partition coefficient (Wildman–Crippen LogP) is 2.49. The summed E-state index contributed by atoms with van der Waals surface area (Å²) in [6.45, 7) is 0.522. The van der Waals surface area contributed by atoms with Crippen molar-refractivity contribution in [3.05, 3.63) is 71.2 Å². The minimum atomic E-state index is -0.691. The maximum atomic E-state index is 13.1. The Labute approximate surface area is 165 Å². The summed E-state index contributed by atoms with van der Waals surface area (Å²) in [7, 11) is 0. The SMILES string of the molecule is NC(=O)c1cnc(Nc2ccc(F)cc2)nc1Nc1cccc2c1CCNC2=O. The van der Waals surface area contributed by atoms with Gasteiger partial charge in [0.15, 0.2) is 0 Å². The summed E-state index contributed by atoms with van der Waals surface area (Å²) < 4.78 is 13.1. The van der Waals surface area contributed by atoms with E-state index >= 15 is 0 Å². The highest BCUT2D eigenvalue weighted by molar-refractivity contribution is 6.00. The first kappa shape index (κ1) is 18.4. The van der Waals surface area contributed by atoms with Gasteiger partial charge < -0.3 is 21.7 Å². The molecule has 0 aliphatic carbocycles. The van der Waals surface area contributed by atoms with Gasteiger partial charge in [0.1, 0.15) is 17.2 Å². The maximum Gasteiger partial charge on any atom is 0.254 e. The molecule has 2 amide bonds. The number of hydrogen-bond donors (Lipinski definition) is 4. The summed E-state index contributed by atoms with van der Waals surface area (Å²) in [6.07, 6.45) is 1.95. The van der Waals surface area contributed by atoms with Crippen molar-refractivity contribution in [3.63, 3.8) is 0 Å². The Bertz CT molecular complexity index is 1100. The first-order chi connectivity index (χ1) is 14.0. The molecule has 0 saturated carbocycles. The molecule has 2 heterocycles. The number of amides is 2. The first-order valence-corrected chi connectivity index (χ1v) is 8.88. The van der Waals surface area contributed by atoms with E-state index in [0.717, 1.165) is 5.56 Å². The summed E-state index contributed by atoms with van der Waals surface area (Å²) in [5, 5.41) is 8.85. The standard InChI is InChI=1S/C20H17FN6O2/c21-11-4-6-12(7-5-11)25-20-24-10-15(17(22)28)18(27-20)26-16-3-1-2-14-13(16)8-9-23-19(14)29/h1-7,10H,8-9H2,(H2,22,28)(H,23,29)(H2,24,25,26,27). The summed E-state index contributed by atoms with van der Waals surface area (Å²) in [6, 6.07) is 11.0. The van der Waals surface area contributed by atoms with E-state index < -0.39 is 5.91 Å². The normalized spacial score (nSPS) is 12.7. The molecule has 1 aliphatic rings. The molecule has 0 saturated heterocycles. The largest absolute Gasteiger partial charge is 0.365 e. The van der Waals surface area contributed by atoms with Gasteiger partial charge in [0, 0.05) is 29.7 Å². The van der Waals surface area contributed by atoms with Crippen LogP contribution in [-0.2, 0) is 6.42 Å². The van der Waals surface area contributed by atoms with Crippen LogP contribution in [0.25, 0.3) is 0 Å². The number of anilines is 4. The topological polar surface area (TPSA) is 122 Å². The molecule has 146 valence electrons. The monoisotopic (exact) mass is 392 g/mol. The van der Waals surface area contributed by atoms with Gasteiger partial charge in [-0.2, -0.15) is 4.98 Å². The molecule has 2 aromatic carbocycles. The highest BCUT2D eigenvalue weighted by Gasteiger charge is 2.21. The second-order valence-electron chi connectivity index (χ2n) is 6.41. The second-order valence-corrected chi connectivity index (χ2v) is 6.41. The molecule has 0 atom stereocenters. The molecule has 0 bridgehead atoms. The van der Waals surface area contributed by atoms with E-state index in [1.807, 2.05) is 0 Å². The molecule has 0 spiro atoms. The van der Waals surface area contributed by atoms with E-state index in [1.54, 1.807) is 30.3 Å². The number of nitrogens with two attached hydrogens (primary N) is 1. The van der Waals surface area contributed by atoms with Crippen LogP contribution in [0.5, 0.6) is 0 Å². The van der Waals surface area contributed by atoms with Crippen LogP contribution >= 0.6 is 0 Å². The molecule has 5 N–H and O–H groups in total. The Balaban J connectivity index is 1.69. The Hall–Kier alpha value is -4.01. The lowest BCUT2D eigenvalue weighted by Crippen LogP contribution is -2.32. The molecular weight excluding hydrogens is 375 g/mol. The third-order valence-corrected chi connectivity index (χ3v) is 4.49. The van der Waals surface area contributed by atoms with Gasteiger partial charge >= 0.3 is 0 Å². The number of carbonyl (C=O) groups excluding carboxylic acids is 2. The Morgan fingerprint density at radius 3 is 2.69 bits per heavy atom. The number of fused-ring (bicyclic) bond motifs is 1. The molecule has 4 rings (SSSR count). The summed E-state index contributed by atoms with van der Waals surface area (Å²) >= 11 is 0. The van der Waals surface area contributed by atoms with E-state index in [4.69, 9.17) is 5.73 Å². The third-order valence-electron chi connectivity index (χ3n) is 4.49. The summed E-state index contributed by atoms with van der Waals surface area (Å²) in [5.41, 5.74) is 8.21. The van der Waals surface area contributed by atoms with Crippen molar-refractivity contribution in [2.45, 2.75) is 6.42 Å². The zero-order chi connectivity index (χ0) is 20.4. The molecular formula is C20H17FN6O2. The van der Waals surface area contributed by atoms with Crippen molar-refractivity contribution >= 4 is 35.0 Å². The van der Waals surface area contributed by atoms with Crippen LogP contribution in [0.15, 0.2) is 48.7 Å². The number of primary amides is 1. The number of nitrogens with one attached hydrogen (secondary N) is 3. The van der Waals surface area contributed by atoms with E-state index in [0.29, 0.717) is 29.9 Å². The number of carbonyl (C=O) groups is 2. The van der Waals surface area contributed by atoms with E-state index in [2.05, 4.69) is 25.9 Å². The van der Waals surface area contributed by atoms with Crippen LogP contribution < -0.4 is 21.7 Å². The predicted molar refractivity (Wildman–Crippen MR) is 106 cm³/mol. The van der Waals surface area contributed by atoms with Crippen LogP contribution in [0.3, 0.4) is 0 Å². The Morgan fingerprint density at radius 1 is 1.14 bits per heavy atom. The van der Waals surface area contributed by atoms with Crippen LogP contribution in [0.1, 0.15) is 26.3 Å². The highest BCUT2D eigenvalue weighted by atomic mass is 19.1. The highest BCUT2D eigenvalue weighted by Crippen LogP contribution is 2.27. The molecule has 3 aromatic rings. The minimum absolute atomic E-state index is 0.104. The van der Waals surface area contributed by atoms with E-state index in [-0.39, 0.29) is 29.1 Å². The fourth-order valence-corrected chi connectivity index (χ4v) is 3.09. The van der Waals surface area contributed by atoms with Crippen molar-refractivity contribution < 1.29 is 14.0 Å². The van der Waals surface area contributed by atoms with E-state index in [1.165, 1.54) is 18.3 Å².